The largest absolute Gasteiger partial charge is 0.313 e. The van der Waals surface area contributed by atoms with Crippen molar-refractivity contribution < 1.29 is 0 Å². The van der Waals surface area contributed by atoms with Crippen LogP contribution in [0.2, 0.25) is 0 Å². The van der Waals surface area contributed by atoms with Gasteiger partial charge >= 0.3 is 0 Å². The molecule has 1 heteroatoms. The number of benzene rings is 2. The van der Waals surface area contributed by atoms with Gasteiger partial charge in [0.05, 0.1) is 0 Å². The fraction of sp³-hybridized carbons (Fsp3) is 0.375. The lowest BCUT2D eigenvalue weighted by Gasteiger charge is -2.23. The Hall–Kier alpha value is -1.34. The maximum Gasteiger partial charge on any atom is 0.0347 e. The van der Waals surface area contributed by atoms with E-state index in [1.165, 1.54) is 21.9 Å². The van der Waals surface area contributed by atoms with Gasteiger partial charge in [-0.2, -0.15) is 0 Å². The molecule has 0 saturated heterocycles. The number of hydrogen-bond acceptors (Lipinski definition) is 1. The topological polar surface area (TPSA) is 12.0 Å². The van der Waals surface area contributed by atoms with Gasteiger partial charge in [-0.05, 0) is 41.8 Å². The SMILES string of the molecule is CNC(c1ccc(C)c2ccccc12)C(C)C. The number of aryl methyl sites for hydroxylation is 1. The summed E-state index contributed by atoms with van der Waals surface area (Å²) in [5.74, 6) is 0.589. The summed E-state index contributed by atoms with van der Waals surface area (Å²) in [6.45, 7) is 6.70. The highest BCUT2D eigenvalue weighted by Crippen LogP contribution is 2.30. The second-order valence-electron chi connectivity index (χ2n) is 5.03. The summed E-state index contributed by atoms with van der Waals surface area (Å²) in [6.07, 6.45) is 0. The molecule has 1 N–H and O–H groups in total. The Labute approximate surface area is 104 Å². The van der Waals surface area contributed by atoms with E-state index in [2.05, 4.69) is 62.5 Å². The summed E-state index contributed by atoms with van der Waals surface area (Å²) in [5, 5.41) is 6.17. The van der Waals surface area contributed by atoms with Gasteiger partial charge in [0, 0.05) is 6.04 Å². The Morgan fingerprint density at radius 1 is 0.941 bits per heavy atom. The van der Waals surface area contributed by atoms with Crippen LogP contribution in [0.5, 0.6) is 0 Å². The van der Waals surface area contributed by atoms with Crippen molar-refractivity contribution in [1.82, 2.24) is 5.32 Å². The van der Waals surface area contributed by atoms with Crippen LogP contribution < -0.4 is 5.32 Å². The second-order valence-corrected chi connectivity index (χ2v) is 5.03. The van der Waals surface area contributed by atoms with Crippen LogP contribution in [0.25, 0.3) is 10.8 Å². The molecular formula is C16H21N. The van der Waals surface area contributed by atoms with E-state index in [1.807, 2.05) is 7.05 Å². The Morgan fingerprint density at radius 3 is 2.18 bits per heavy atom. The molecule has 0 amide bonds. The van der Waals surface area contributed by atoms with E-state index in [0.717, 1.165) is 0 Å². The summed E-state index contributed by atoms with van der Waals surface area (Å²) >= 11 is 0. The molecule has 0 fully saturated rings. The molecule has 0 aromatic heterocycles. The highest BCUT2D eigenvalue weighted by Gasteiger charge is 2.16. The van der Waals surface area contributed by atoms with Crippen molar-refractivity contribution in [3.63, 3.8) is 0 Å². The van der Waals surface area contributed by atoms with Gasteiger partial charge in [0.15, 0.2) is 0 Å². The van der Waals surface area contributed by atoms with Gasteiger partial charge in [-0.1, -0.05) is 50.2 Å². The lowest BCUT2D eigenvalue weighted by Crippen LogP contribution is -2.21. The van der Waals surface area contributed by atoms with Gasteiger partial charge in [-0.3, -0.25) is 0 Å². The third-order valence-corrected chi connectivity index (χ3v) is 3.49. The van der Waals surface area contributed by atoms with Crippen LogP contribution in [-0.2, 0) is 0 Å². The molecule has 1 atom stereocenters. The first-order valence-corrected chi connectivity index (χ1v) is 6.30. The molecule has 0 aliphatic carbocycles. The first-order chi connectivity index (χ1) is 8.15. The average Bonchev–Trinajstić information content (AvgIpc) is 2.33. The molecule has 1 nitrogen and oxygen atoms in total. The predicted octanol–water partition coefficient (Wildman–Crippen LogP) is 4.06. The molecule has 0 saturated carbocycles. The Bertz CT molecular complexity index is 514. The van der Waals surface area contributed by atoms with Crippen LogP contribution >= 0.6 is 0 Å². The van der Waals surface area contributed by atoms with Crippen LogP contribution in [0.15, 0.2) is 36.4 Å². The lowest BCUT2D eigenvalue weighted by molar-refractivity contribution is 0.446. The molecule has 0 aliphatic heterocycles. The number of hydrogen-bond donors (Lipinski definition) is 1. The van der Waals surface area contributed by atoms with Crippen molar-refractivity contribution in [3.05, 3.63) is 47.5 Å². The Morgan fingerprint density at radius 2 is 1.59 bits per heavy atom. The highest BCUT2D eigenvalue weighted by molar-refractivity contribution is 5.88. The van der Waals surface area contributed by atoms with E-state index < -0.39 is 0 Å². The van der Waals surface area contributed by atoms with Crippen LogP contribution in [0, 0.1) is 12.8 Å². The monoisotopic (exact) mass is 227 g/mol. The van der Waals surface area contributed by atoms with Crippen molar-refractivity contribution in [3.8, 4) is 0 Å². The third kappa shape index (κ3) is 2.20. The number of rotatable bonds is 3. The molecule has 17 heavy (non-hydrogen) atoms. The lowest BCUT2D eigenvalue weighted by atomic mass is 9.90. The van der Waals surface area contributed by atoms with Crippen LogP contribution in [-0.4, -0.2) is 7.05 Å². The minimum absolute atomic E-state index is 0.417. The molecule has 1 unspecified atom stereocenters. The highest BCUT2D eigenvalue weighted by atomic mass is 14.9. The number of fused-ring (bicyclic) bond motifs is 1. The van der Waals surface area contributed by atoms with Gasteiger partial charge in [0.25, 0.3) is 0 Å². The first-order valence-electron chi connectivity index (χ1n) is 6.30. The Kier molecular flexibility index (Phi) is 3.49. The molecule has 0 radical (unpaired) electrons. The quantitative estimate of drug-likeness (QED) is 0.833. The van der Waals surface area contributed by atoms with E-state index in [4.69, 9.17) is 0 Å². The van der Waals surface area contributed by atoms with E-state index in [-0.39, 0.29) is 0 Å². The van der Waals surface area contributed by atoms with Crippen molar-refractivity contribution >= 4 is 10.8 Å². The Balaban J connectivity index is 2.66. The predicted molar refractivity (Wildman–Crippen MR) is 75.3 cm³/mol. The average molecular weight is 227 g/mol. The summed E-state index contributed by atoms with van der Waals surface area (Å²) in [7, 11) is 2.04. The summed E-state index contributed by atoms with van der Waals surface area (Å²) in [6, 6.07) is 13.6. The van der Waals surface area contributed by atoms with E-state index in [0.29, 0.717) is 12.0 Å². The molecular weight excluding hydrogens is 206 g/mol. The second kappa shape index (κ2) is 4.89. The fourth-order valence-electron chi connectivity index (χ4n) is 2.59. The van der Waals surface area contributed by atoms with E-state index in [1.54, 1.807) is 0 Å². The molecule has 2 rings (SSSR count). The smallest absolute Gasteiger partial charge is 0.0347 e. The fourth-order valence-corrected chi connectivity index (χ4v) is 2.59. The van der Waals surface area contributed by atoms with Crippen LogP contribution in [0.4, 0.5) is 0 Å². The normalized spacial score (nSPS) is 13.2. The minimum atomic E-state index is 0.417. The van der Waals surface area contributed by atoms with Crippen molar-refractivity contribution in [1.29, 1.82) is 0 Å². The zero-order valence-electron chi connectivity index (χ0n) is 11.1. The minimum Gasteiger partial charge on any atom is -0.313 e. The van der Waals surface area contributed by atoms with Crippen molar-refractivity contribution in [2.75, 3.05) is 7.05 Å². The zero-order valence-corrected chi connectivity index (χ0v) is 11.1. The molecule has 90 valence electrons. The zero-order chi connectivity index (χ0) is 12.4. The first kappa shape index (κ1) is 12.1. The maximum absolute atomic E-state index is 3.43. The molecule has 0 aliphatic rings. The summed E-state index contributed by atoms with van der Waals surface area (Å²) < 4.78 is 0. The summed E-state index contributed by atoms with van der Waals surface area (Å²) in [4.78, 5) is 0. The van der Waals surface area contributed by atoms with E-state index >= 15 is 0 Å². The third-order valence-electron chi connectivity index (χ3n) is 3.49. The van der Waals surface area contributed by atoms with Crippen LogP contribution in [0.3, 0.4) is 0 Å². The van der Waals surface area contributed by atoms with Gasteiger partial charge in [-0.25, -0.2) is 0 Å². The van der Waals surface area contributed by atoms with Crippen molar-refractivity contribution in [2.24, 2.45) is 5.92 Å². The summed E-state index contributed by atoms with van der Waals surface area (Å²) in [5.41, 5.74) is 2.76. The molecule has 2 aromatic carbocycles. The molecule has 2 aromatic rings. The van der Waals surface area contributed by atoms with Crippen molar-refractivity contribution in [2.45, 2.75) is 26.8 Å². The number of nitrogens with one attached hydrogen (secondary N) is 1. The van der Waals surface area contributed by atoms with Gasteiger partial charge in [-0.15, -0.1) is 0 Å². The maximum atomic E-state index is 3.43. The van der Waals surface area contributed by atoms with Gasteiger partial charge in [0.1, 0.15) is 0 Å². The van der Waals surface area contributed by atoms with Crippen LogP contribution in [0.1, 0.15) is 31.0 Å². The standard InChI is InChI=1S/C16H21N/c1-11(2)16(17-4)15-10-9-12(3)13-7-5-6-8-14(13)15/h5-11,16-17H,1-4H3. The van der Waals surface area contributed by atoms with E-state index in [9.17, 15) is 0 Å². The van der Waals surface area contributed by atoms with Gasteiger partial charge in [0.2, 0.25) is 0 Å². The molecule has 0 bridgehead atoms. The molecule has 0 spiro atoms. The van der Waals surface area contributed by atoms with Gasteiger partial charge < -0.3 is 5.32 Å². The molecule has 0 heterocycles.